The Bertz CT molecular complexity index is 74.2. The van der Waals surface area contributed by atoms with Crippen LogP contribution in [0.5, 0.6) is 0 Å². The molecule has 0 spiro atoms. The van der Waals surface area contributed by atoms with Gasteiger partial charge in [0.15, 0.2) is 0 Å². The second-order valence-corrected chi connectivity index (χ2v) is 3.30. The van der Waals surface area contributed by atoms with Crippen LogP contribution in [0.3, 0.4) is 0 Å². The fourth-order valence-electron chi connectivity index (χ4n) is 1.24. The first-order valence-corrected chi connectivity index (χ1v) is 5.31. The minimum absolute atomic E-state index is 0.363. The van der Waals surface area contributed by atoms with Crippen LogP contribution >= 0.6 is 0 Å². The van der Waals surface area contributed by atoms with Crippen molar-refractivity contribution < 1.29 is 10.1 Å². The van der Waals surface area contributed by atoms with Crippen molar-refractivity contribution in [1.82, 2.24) is 0 Å². The van der Waals surface area contributed by atoms with Crippen molar-refractivity contribution in [3.8, 4) is 0 Å². The molecule has 1 N–H and O–H groups in total. The van der Waals surface area contributed by atoms with Crippen LogP contribution in [-0.4, -0.2) is 11.9 Å². The van der Waals surface area contributed by atoms with Gasteiger partial charge in [-0.15, -0.1) is 0 Å². The molecule has 0 aliphatic rings. The molecule has 2 radical (unpaired) electrons. The van der Waals surface area contributed by atoms with Crippen LogP contribution in [0.4, 0.5) is 0 Å². The molecule has 0 aromatic heterocycles. The lowest BCUT2D eigenvalue weighted by Crippen LogP contribution is -1.89. The summed E-state index contributed by atoms with van der Waals surface area (Å²) in [6, 6.07) is 0. The van der Waals surface area contributed by atoms with E-state index < -0.39 is 0 Å². The van der Waals surface area contributed by atoms with E-state index in [1.54, 1.807) is 0 Å². The Morgan fingerprint density at radius 3 is 2.31 bits per heavy atom. The summed E-state index contributed by atoms with van der Waals surface area (Å²) in [5.41, 5.74) is 0. The maximum atomic E-state index is 8.03. The highest BCUT2D eigenvalue weighted by Gasteiger charge is 1.91. The van der Waals surface area contributed by atoms with Gasteiger partial charge in [-0.3, -0.25) is 5.26 Å². The zero-order valence-corrected chi connectivity index (χ0v) is 8.67. The Morgan fingerprint density at radius 1 is 1.00 bits per heavy atom. The normalized spacial score (nSPS) is 10.6. The molecule has 0 saturated heterocycles. The Kier molecular flexibility index (Phi) is 11.8. The Balaban J connectivity index is 2.76. The van der Waals surface area contributed by atoms with Gasteiger partial charge in [0.1, 0.15) is 0 Å². The van der Waals surface area contributed by atoms with Crippen LogP contribution < -0.4 is 0 Å². The number of hydrogen-bond donors (Lipinski definition) is 1. The predicted octanol–water partition coefficient (Wildman–Crippen LogP) is 3.64. The molecule has 0 aliphatic carbocycles. The van der Waals surface area contributed by atoms with E-state index in [4.69, 9.17) is 5.26 Å². The lowest BCUT2D eigenvalue weighted by atomic mass is 10.1. The molecule has 0 aromatic rings. The topological polar surface area (TPSA) is 29.5 Å². The molecular weight excluding hydrogens is 164 g/mol. The summed E-state index contributed by atoms with van der Waals surface area (Å²) in [5, 5.41) is 8.03. The van der Waals surface area contributed by atoms with E-state index in [1.807, 2.05) is 6.42 Å². The zero-order chi connectivity index (χ0) is 9.78. The lowest BCUT2D eigenvalue weighted by Gasteiger charge is -2.00. The van der Waals surface area contributed by atoms with E-state index in [0.29, 0.717) is 6.61 Å². The SMILES string of the molecule is CCC[CH]CCCCC[CH]COO. The monoisotopic (exact) mass is 186 g/mol. The van der Waals surface area contributed by atoms with E-state index >= 15 is 0 Å². The van der Waals surface area contributed by atoms with Crippen molar-refractivity contribution in [2.45, 2.75) is 51.9 Å². The quantitative estimate of drug-likeness (QED) is 0.320. The van der Waals surface area contributed by atoms with Crippen molar-refractivity contribution in [3.63, 3.8) is 0 Å². The molecule has 0 aromatic carbocycles. The van der Waals surface area contributed by atoms with Crippen molar-refractivity contribution in [2.75, 3.05) is 6.61 Å². The van der Waals surface area contributed by atoms with Gasteiger partial charge < -0.3 is 0 Å². The Morgan fingerprint density at radius 2 is 1.69 bits per heavy atom. The van der Waals surface area contributed by atoms with Crippen LogP contribution in [0, 0.1) is 12.8 Å². The molecule has 0 aliphatic heterocycles. The van der Waals surface area contributed by atoms with Gasteiger partial charge in [-0.25, -0.2) is 4.89 Å². The Hall–Kier alpha value is -0.0800. The molecule has 0 heterocycles. The fourth-order valence-corrected chi connectivity index (χ4v) is 1.24. The zero-order valence-electron chi connectivity index (χ0n) is 8.67. The van der Waals surface area contributed by atoms with E-state index in [0.717, 1.165) is 6.42 Å². The van der Waals surface area contributed by atoms with Crippen LogP contribution in [0.25, 0.3) is 0 Å². The summed E-state index contributed by atoms with van der Waals surface area (Å²) < 4.78 is 0. The first kappa shape index (κ1) is 12.9. The lowest BCUT2D eigenvalue weighted by molar-refractivity contribution is -0.235. The average molecular weight is 186 g/mol. The minimum Gasteiger partial charge on any atom is -0.252 e. The van der Waals surface area contributed by atoms with E-state index in [1.165, 1.54) is 38.5 Å². The van der Waals surface area contributed by atoms with E-state index in [-0.39, 0.29) is 0 Å². The van der Waals surface area contributed by atoms with Gasteiger partial charge in [0.2, 0.25) is 0 Å². The van der Waals surface area contributed by atoms with Gasteiger partial charge in [-0.2, -0.15) is 0 Å². The van der Waals surface area contributed by atoms with Crippen molar-refractivity contribution >= 4 is 0 Å². The molecule has 0 unspecified atom stereocenters. The summed E-state index contributed by atoms with van der Waals surface area (Å²) in [5.74, 6) is 0. The van der Waals surface area contributed by atoms with E-state index in [2.05, 4.69) is 18.2 Å². The highest BCUT2D eigenvalue weighted by atomic mass is 17.1. The third-order valence-corrected chi connectivity index (χ3v) is 2.00. The second-order valence-electron chi connectivity index (χ2n) is 3.30. The molecule has 2 nitrogen and oxygen atoms in total. The maximum absolute atomic E-state index is 8.03. The highest BCUT2D eigenvalue weighted by molar-refractivity contribution is 4.65. The summed E-state index contributed by atoms with van der Waals surface area (Å²) in [6.45, 7) is 2.57. The molecule has 78 valence electrons. The van der Waals surface area contributed by atoms with Gasteiger partial charge >= 0.3 is 0 Å². The summed E-state index contributed by atoms with van der Waals surface area (Å²) in [7, 11) is 0. The van der Waals surface area contributed by atoms with Gasteiger partial charge in [-0.1, -0.05) is 45.4 Å². The molecule has 0 rings (SSSR count). The second kappa shape index (κ2) is 11.9. The van der Waals surface area contributed by atoms with Gasteiger partial charge in [-0.05, 0) is 19.3 Å². The highest BCUT2D eigenvalue weighted by Crippen LogP contribution is 2.08. The van der Waals surface area contributed by atoms with Crippen LogP contribution in [0.2, 0.25) is 0 Å². The number of rotatable bonds is 10. The molecule has 0 fully saturated rings. The first-order valence-electron chi connectivity index (χ1n) is 5.31. The summed E-state index contributed by atoms with van der Waals surface area (Å²) in [6.07, 6.45) is 13.0. The van der Waals surface area contributed by atoms with Crippen molar-refractivity contribution in [3.05, 3.63) is 12.8 Å². The molecule has 0 atom stereocenters. The van der Waals surface area contributed by atoms with Crippen molar-refractivity contribution in [1.29, 1.82) is 0 Å². The van der Waals surface area contributed by atoms with Gasteiger partial charge in [0.25, 0.3) is 0 Å². The van der Waals surface area contributed by atoms with Crippen LogP contribution in [0.15, 0.2) is 0 Å². The molecule has 13 heavy (non-hydrogen) atoms. The van der Waals surface area contributed by atoms with E-state index in [9.17, 15) is 0 Å². The van der Waals surface area contributed by atoms with Gasteiger partial charge in [0.05, 0.1) is 6.61 Å². The summed E-state index contributed by atoms with van der Waals surface area (Å²) in [4.78, 5) is 3.94. The fraction of sp³-hybridized carbons (Fsp3) is 0.818. The van der Waals surface area contributed by atoms with Crippen molar-refractivity contribution in [2.24, 2.45) is 0 Å². The third kappa shape index (κ3) is 11.9. The van der Waals surface area contributed by atoms with Crippen LogP contribution in [0.1, 0.15) is 51.9 Å². The minimum atomic E-state index is 0.363. The third-order valence-electron chi connectivity index (χ3n) is 2.00. The smallest absolute Gasteiger partial charge is 0.0851 e. The largest absolute Gasteiger partial charge is 0.252 e. The first-order chi connectivity index (χ1) is 6.41. The Labute approximate surface area is 82.2 Å². The molecular formula is C11H22O2. The van der Waals surface area contributed by atoms with Gasteiger partial charge in [0, 0.05) is 0 Å². The average Bonchev–Trinajstić information content (AvgIpc) is 2.16. The number of hydrogen-bond acceptors (Lipinski definition) is 2. The molecule has 2 heteroatoms. The molecule has 0 amide bonds. The standard InChI is InChI=1S/C11H22O2/c1-2-3-4-5-6-7-8-9-10-11-13-12/h4,10,12H,2-3,5-9,11H2,1H3. The number of unbranched alkanes of at least 4 members (excludes halogenated alkanes) is 8. The maximum Gasteiger partial charge on any atom is 0.0851 e. The molecule has 0 saturated carbocycles. The predicted molar refractivity (Wildman–Crippen MR) is 55.2 cm³/mol. The summed E-state index contributed by atoms with van der Waals surface area (Å²) >= 11 is 0. The van der Waals surface area contributed by atoms with Crippen LogP contribution in [-0.2, 0) is 4.89 Å². The molecule has 0 bridgehead atoms.